The van der Waals surface area contributed by atoms with E-state index in [0.717, 1.165) is 0 Å². The molecule has 2 unspecified atom stereocenters. The van der Waals surface area contributed by atoms with Crippen molar-refractivity contribution >= 4 is 12.1 Å². The van der Waals surface area contributed by atoms with Gasteiger partial charge in [-0.3, -0.25) is 4.79 Å². The van der Waals surface area contributed by atoms with Crippen LogP contribution in [-0.4, -0.2) is 53.5 Å². The predicted octanol–water partition coefficient (Wildman–Crippen LogP) is 2.12. The topological polar surface area (TPSA) is 76.1 Å². The summed E-state index contributed by atoms with van der Waals surface area (Å²) in [6.45, 7) is 8.56. The van der Waals surface area contributed by atoms with Crippen LogP contribution in [0.3, 0.4) is 0 Å². The van der Waals surface area contributed by atoms with E-state index < -0.39 is 17.5 Å². The van der Waals surface area contributed by atoms with E-state index in [1.807, 2.05) is 20.8 Å². The molecular weight excluding hydrogens is 262 g/mol. The summed E-state index contributed by atoms with van der Waals surface area (Å²) in [5.41, 5.74) is -0.533. The standard InChI is InChI=1S/C14H25NO5/c1-10(12(16)17)5-6-11-9-19-8-7-15(11)13(18)20-14(2,3)4/h10-11H,5-9H2,1-4H3,(H,16,17). The molecule has 6 nitrogen and oxygen atoms in total. The molecule has 1 heterocycles. The first kappa shape index (κ1) is 16.8. The fourth-order valence-corrected chi connectivity index (χ4v) is 2.02. The van der Waals surface area contributed by atoms with Gasteiger partial charge in [0, 0.05) is 6.54 Å². The average Bonchev–Trinajstić information content (AvgIpc) is 2.34. The Balaban J connectivity index is 2.58. The van der Waals surface area contributed by atoms with Crippen LogP contribution in [0.1, 0.15) is 40.5 Å². The predicted molar refractivity (Wildman–Crippen MR) is 73.6 cm³/mol. The van der Waals surface area contributed by atoms with Gasteiger partial charge >= 0.3 is 12.1 Å². The summed E-state index contributed by atoms with van der Waals surface area (Å²) in [7, 11) is 0. The van der Waals surface area contributed by atoms with Crippen LogP contribution in [0.4, 0.5) is 4.79 Å². The fourth-order valence-electron chi connectivity index (χ4n) is 2.02. The van der Waals surface area contributed by atoms with Crippen molar-refractivity contribution in [3.63, 3.8) is 0 Å². The molecule has 1 saturated heterocycles. The Morgan fingerprint density at radius 2 is 2.10 bits per heavy atom. The third kappa shape index (κ3) is 5.36. The molecule has 1 N–H and O–H groups in total. The Kier molecular flexibility index (Phi) is 5.80. The highest BCUT2D eigenvalue weighted by Crippen LogP contribution is 2.19. The minimum atomic E-state index is -0.814. The zero-order chi connectivity index (χ0) is 15.3. The van der Waals surface area contributed by atoms with Gasteiger partial charge in [0.2, 0.25) is 0 Å². The molecule has 0 spiro atoms. The monoisotopic (exact) mass is 287 g/mol. The number of ether oxygens (including phenoxy) is 2. The van der Waals surface area contributed by atoms with Gasteiger partial charge in [-0.1, -0.05) is 6.92 Å². The molecule has 0 aromatic rings. The number of nitrogens with zero attached hydrogens (tertiary/aromatic N) is 1. The van der Waals surface area contributed by atoms with Crippen molar-refractivity contribution in [2.45, 2.75) is 52.2 Å². The van der Waals surface area contributed by atoms with Crippen LogP contribution in [0.2, 0.25) is 0 Å². The van der Waals surface area contributed by atoms with Crippen molar-refractivity contribution in [3.8, 4) is 0 Å². The molecule has 1 amide bonds. The third-order valence-electron chi connectivity index (χ3n) is 3.21. The van der Waals surface area contributed by atoms with Gasteiger partial charge in [0.1, 0.15) is 5.60 Å². The van der Waals surface area contributed by atoms with Gasteiger partial charge in [0.05, 0.1) is 25.2 Å². The number of carboxylic acid groups (broad SMARTS) is 1. The first-order chi connectivity index (χ1) is 9.20. The van der Waals surface area contributed by atoms with E-state index in [9.17, 15) is 9.59 Å². The number of amides is 1. The number of aliphatic carboxylic acids is 1. The molecule has 116 valence electrons. The molecule has 0 aliphatic carbocycles. The number of hydrogen-bond acceptors (Lipinski definition) is 4. The maximum absolute atomic E-state index is 12.1. The normalized spacial score (nSPS) is 21.4. The van der Waals surface area contributed by atoms with Crippen LogP contribution in [0.5, 0.6) is 0 Å². The van der Waals surface area contributed by atoms with E-state index in [-0.39, 0.29) is 12.1 Å². The van der Waals surface area contributed by atoms with Crippen LogP contribution in [0.15, 0.2) is 0 Å². The summed E-state index contributed by atoms with van der Waals surface area (Å²) >= 11 is 0. The second-order valence-corrected chi connectivity index (χ2v) is 6.22. The molecule has 0 bridgehead atoms. The van der Waals surface area contributed by atoms with Crippen LogP contribution < -0.4 is 0 Å². The minimum absolute atomic E-state index is 0.111. The van der Waals surface area contributed by atoms with Crippen molar-refractivity contribution in [3.05, 3.63) is 0 Å². The van der Waals surface area contributed by atoms with E-state index in [4.69, 9.17) is 14.6 Å². The number of rotatable bonds is 4. The zero-order valence-electron chi connectivity index (χ0n) is 12.7. The lowest BCUT2D eigenvalue weighted by atomic mass is 10.0. The summed E-state index contributed by atoms with van der Waals surface area (Å²) in [6, 6.07) is -0.111. The molecule has 6 heteroatoms. The first-order valence-electron chi connectivity index (χ1n) is 7.01. The molecule has 1 aliphatic rings. The van der Waals surface area contributed by atoms with Gasteiger partial charge < -0.3 is 19.5 Å². The smallest absolute Gasteiger partial charge is 0.410 e. The maximum Gasteiger partial charge on any atom is 0.410 e. The van der Waals surface area contributed by atoms with Gasteiger partial charge in [0.15, 0.2) is 0 Å². The van der Waals surface area contributed by atoms with Gasteiger partial charge in [-0.25, -0.2) is 4.79 Å². The molecule has 0 aromatic carbocycles. The molecule has 0 aromatic heterocycles. The minimum Gasteiger partial charge on any atom is -0.481 e. The Labute approximate surface area is 120 Å². The maximum atomic E-state index is 12.1. The highest BCUT2D eigenvalue weighted by Gasteiger charge is 2.31. The van der Waals surface area contributed by atoms with Gasteiger partial charge in [-0.2, -0.15) is 0 Å². The second kappa shape index (κ2) is 6.92. The van der Waals surface area contributed by atoms with Crippen LogP contribution in [-0.2, 0) is 14.3 Å². The van der Waals surface area contributed by atoms with Crippen molar-refractivity contribution in [2.24, 2.45) is 5.92 Å². The number of hydrogen-bond donors (Lipinski definition) is 1. The fraction of sp³-hybridized carbons (Fsp3) is 0.857. The lowest BCUT2D eigenvalue weighted by Gasteiger charge is -2.36. The van der Waals surface area contributed by atoms with E-state index in [2.05, 4.69) is 0 Å². The summed E-state index contributed by atoms with van der Waals surface area (Å²) in [6.07, 6.45) is 0.767. The Morgan fingerprint density at radius 1 is 1.45 bits per heavy atom. The molecule has 1 aliphatic heterocycles. The van der Waals surface area contributed by atoms with Gasteiger partial charge in [-0.05, 0) is 33.6 Å². The van der Waals surface area contributed by atoms with Gasteiger partial charge in [-0.15, -0.1) is 0 Å². The van der Waals surface area contributed by atoms with E-state index in [1.165, 1.54) is 0 Å². The number of carbonyl (C=O) groups is 2. The molecule has 0 saturated carbocycles. The van der Waals surface area contributed by atoms with E-state index in [1.54, 1.807) is 11.8 Å². The number of carbonyl (C=O) groups excluding carboxylic acids is 1. The van der Waals surface area contributed by atoms with Crippen molar-refractivity contribution in [2.75, 3.05) is 19.8 Å². The summed E-state index contributed by atoms with van der Waals surface area (Å²) < 4.78 is 10.8. The molecule has 2 atom stereocenters. The third-order valence-corrected chi connectivity index (χ3v) is 3.21. The molecule has 20 heavy (non-hydrogen) atoms. The lowest BCUT2D eigenvalue weighted by molar-refractivity contribution is -0.141. The van der Waals surface area contributed by atoms with Crippen LogP contribution in [0, 0.1) is 5.92 Å². The first-order valence-corrected chi connectivity index (χ1v) is 7.01. The largest absolute Gasteiger partial charge is 0.481 e. The Hall–Kier alpha value is -1.30. The number of morpholine rings is 1. The zero-order valence-corrected chi connectivity index (χ0v) is 12.7. The van der Waals surface area contributed by atoms with Crippen LogP contribution in [0.25, 0.3) is 0 Å². The van der Waals surface area contributed by atoms with Gasteiger partial charge in [0.25, 0.3) is 0 Å². The average molecular weight is 287 g/mol. The summed E-state index contributed by atoms with van der Waals surface area (Å²) in [5.74, 6) is -1.23. The Morgan fingerprint density at radius 3 is 2.65 bits per heavy atom. The summed E-state index contributed by atoms with van der Waals surface area (Å²) in [5, 5.41) is 8.90. The quantitative estimate of drug-likeness (QED) is 0.857. The van der Waals surface area contributed by atoms with E-state index >= 15 is 0 Å². The number of carboxylic acids is 1. The van der Waals surface area contributed by atoms with Crippen molar-refractivity contribution in [1.82, 2.24) is 4.90 Å². The molecule has 1 fully saturated rings. The Bertz CT molecular complexity index is 350. The van der Waals surface area contributed by atoms with E-state index in [0.29, 0.717) is 32.6 Å². The lowest BCUT2D eigenvalue weighted by Crippen LogP contribution is -2.50. The second-order valence-electron chi connectivity index (χ2n) is 6.22. The summed E-state index contributed by atoms with van der Waals surface area (Å²) in [4.78, 5) is 24.6. The van der Waals surface area contributed by atoms with Crippen molar-refractivity contribution < 1.29 is 24.2 Å². The molecular formula is C14H25NO5. The highest BCUT2D eigenvalue weighted by atomic mass is 16.6. The highest BCUT2D eigenvalue weighted by molar-refractivity contribution is 5.69. The molecule has 1 rings (SSSR count). The SMILES string of the molecule is CC(CCC1COCCN1C(=O)OC(C)(C)C)C(=O)O. The van der Waals surface area contributed by atoms with Crippen LogP contribution >= 0.6 is 0 Å². The molecule has 0 radical (unpaired) electrons. The van der Waals surface area contributed by atoms with Crippen molar-refractivity contribution in [1.29, 1.82) is 0 Å².